The molecule has 2 atom stereocenters. The van der Waals surface area contributed by atoms with Gasteiger partial charge < -0.3 is 10.0 Å². The number of fused-ring (bicyclic) bond motifs is 3. The molecule has 4 nitrogen and oxygen atoms in total. The zero-order valence-electron chi connectivity index (χ0n) is 18.4. The molecule has 164 valence electrons. The second kappa shape index (κ2) is 8.73. The Morgan fingerprint density at radius 2 is 1.88 bits per heavy atom. The van der Waals surface area contributed by atoms with E-state index in [1.165, 1.54) is 64.7 Å². The van der Waals surface area contributed by atoms with Gasteiger partial charge in [0.2, 0.25) is 0 Å². The Labute approximate surface area is 197 Å². The number of thiophene rings is 1. The van der Waals surface area contributed by atoms with Gasteiger partial charge in [-0.05, 0) is 79.4 Å². The van der Waals surface area contributed by atoms with E-state index in [2.05, 4.69) is 66.4 Å². The number of aliphatic carboxylic acids is 1. The molecule has 2 heterocycles. The quantitative estimate of drug-likeness (QED) is 0.334. The Morgan fingerprint density at radius 3 is 2.64 bits per heavy atom. The third-order valence-electron chi connectivity index (χ3n) is 6.56. The van der Waals surface area contributed by atoms with E-state index < -0.39 is 5.97 Å². The summed E-state index contributed by atoms with van der Waals surface area (Å²) < 4.78 is 0. The van der Waals surface area contributed by atoms with Gasteiger partial charge in [-0.1, -0.05) is 36.3 Å². The molecule has 5 heteroatoms. The number of hydrogen-bond donors (Lipinski definition) is 1. The van der Waals surface area contributed by atoms with Crippen molar-refractivity contribution in [1.82, 2.24) is 0 Å². The number of benzene rings is 2. The highest BCUT2D eigenvalue weighted by Crippen LogP contribution is 2.52. The molecule has 0 spiro atoms. The van der Waals surface area contributed by atoms with E-state index in [1.54, 1.807) is 6.07 Å². The van der Waals surface area contributed by atoms with Gasteiger partial charge in [-0.3, -0.25) is 0 Å². The molecule has 2 unspecified atom stereocenters. The van der Waals surface area contributed by atoms with E-state index in [4.69, 9.17) is 10.4 Å². The van der Waals surface area contributed by atoms with Gasteiger partial charge >= 0.3 is 5.97 Å². The van der Waals surface area contributed by atoms with Crippen molar-refractivity contribution < 1.29 is 9.90 Å². The predicted molar refractivity (Wildman–Crippen MR) is 135 cm³/mol. The zero-order chi connectivity index (χ0) is 22.9. The Kier molecular flexibility index (Phi) is 5.62. The molecule has 0 bridgehead atoms. The standard InChI is InChI=1S/C28H24N2O2S/c1-18-5-9-21(10-6-18)30-26-4-2-3-24(26)25-15-19(8-14-27(25)30)7-11-22-12-13-23(33-22)16-20(17-29)28(31)32/h5-16,24,26H,2-4H2,1H3,(H,31,32)/b11-7+,20-16-. The highest BCUT2D eigenvalue weighted by Gasteiger charge is 2.41. The van der Waals surface area contributed by atoms with Crippen molar-refractivity contribution in [1.29, 1.82) is 5.26 Å². The fraction of sp³-hybridized carbons (Fsp3) is 0.214. The van der Waals surface area contributed by atoms with E-state index in [0.29, 0.717) is 12.0 Å². The number of aryl methyl sites for hydroxylation is 1. The number of hydrogen-bond acceptors (Lipinski definition) is 4. The number of carboxylic acids is 1. The van der Waals surface area contributed by atoms with Crippen LogP contribution in [0.15, 0.2) is 60.2 Å². The van der Waals surface area contributed by atoms with Gasteiger partial charge in [-0.15, -0.1) is 11.3 Å². The fourth-order valence-corrected chi connectivity index (χ4v) is 5.88. The maximum atomic E-state index is 11.0. The van der Waals surface area contributed by atoms with Gasteiger partial charge in [-0.2, -0.15) is 5.26 Å². The first-order chi connectivity index (χ1) is 16.0. The number of anilines is 2. The van der Waals surface area contributed by atoms with E-state index >= 15 is 0 Å². The van der Waals surface area contributed by atoms with Gasteiger partial charge in [0.1, 0.15) is 11.6 Å². The van der Waals surface area contributed by atoms with Gasteiger partial charge in [0.25, 0.3) is 0 Å². The lowest BCUT2D eigenvalue weighted by molar-refractivity contribution is -0.132. The molecule has 2 aliphatic rings. The third-order valence-corrected chi connectivity index (χ3v) is 7.56. The monoisotopic (exact) mass is 452 g/mol. The van der Waals surface area contributed by atoms with Crippen molar-refractivity contribution in [2.45, 2.75) is 38.1 Å². The summed E-state index contributed by atoms with van der Waals surface area (Å²) in [4.78, 5) is 15.4. The fourth-order valence-electron chi connectivity index (χ4n) is 5.02. The van der Waals surface area contributed by atoms with Crippen molar-refractivity contribution in [3.05, 3.63) is 86.6 Å². The number of nitrogens with zero attached hydrogens (tertiary/aromatic N) is 2. The van der Waals surface area contributed by atoms with E-state index in [9.17, 15) is 4.79 Å². The Morgan fingerprint density at radius 1 is 1.09 bits per heavy atom. The average Bonchev–Trinajstić information content (AvgIpc) is 3.53. The maximum absolute atomic E-state index is 11.0. The average molecular weight is 453 g/mol. The number of rotatable bonds is 5. The Hall–Kier alpha value is -3.62. The van der Waals surface area contributed by atoms with Gasteiger partial charge in [0.05, 0.1) is 0 Å². The first-order valence-corrected chi connectivity index (χ1v) is 12.0. The lowest BCUT2D eigenvalue weighted by atomic mass is 9.96. The molecule has 1 fully saturated rings. The largest absolute Gasteiger partial charge is 0.477 e. The minimum atomic E-state index is -1.20. The predicted octanol–water partition coefficient (Wildman–Crippen LogP) is 7.01. The molecule has 3 aromatic rings. The topological polar surface area (TPSA) is 64.3 Å². The van der Waals surface area contributed by atoms with Gasteiger partial charge in [-0.25, -0.2) is 4.79 Å². The number of carbonyl (C=O) groups is 1. The van der Waals surface area contributed by atoms with Crippen LogP contribution in [0.25, 0.3) is 18.2 Å². The van der Waals surface area contributed by atoms with E-state index in [1.807, 2.05) is 12.1 Å². The molecule has 0 saturated heterocycles. The summed E-state index contributed by atoms with van der Waals surface area (Å²) in [5.41, 5.74) is 6.23. The summed E-state index contributed by atoms with van der Waals surface area (Å²) in [5.74, 6) is -0.625. The maximum Gasteiger partial charge on any atom is 0.346 e. The summed E-state index contributed by atoms with van der Waals surface area (Å²) in [6, 6.07) is 21.7. The number of carboxylic acid groups (broad SMARTS) is 1. The SMILES string of the molecule is Cc1ccc(N2c3ccc(/C=C/c4ccc(/C=C(/C#N)C(=O)O)s4)cc3C3CCCC32)cc1. The Balaban J connectivity index is 1.41. The summed E-state index contributed by atoms with van der Waals surface area (Å²) in [6.07, 6.45) is 9.31. The summed E-state index contributed by atoms with van der Waals surface area (Å²) in [6.45, 7) is 2.13. The van der Waals surface area contributed by atoms with Crippen LogP contribution in [0.1, 0.15) is 51.6 Å². The minimum absolute atomic E-state index is 0.254. The Bertz CT molecular complexity index is 1310. The molecule has 0 amide bonds. The van der Waals surface area contributed by atoms with Crippen LogP contribution >= 0.6 is 11.3 Å². The number of nitriles is 1. The first-order valence-electron chi connectivity index (χ1n) is 11.2. The van der Waals surface area contributed by atoms with E-state index in [-0.39, 0.29) is 5.57 Å². The van der Waals surface area contributed by atoms with E-state index in [0.717, 1.165) is 9.75 Å². The first kappa shape index (κ1) is 21.2. The summed E-state index contributed by atoms with van der Waals surface area (Å²) >= 11 is 1.47. The van der Waals surface area contributed by atoms with Gasteiger partial charge in [0, 0.05) is 33.1 Å². The molecule has 33 heavy (non-hydrogen) atoms. The molecule has 1 aliphatic heterocycles. The molecule has 1 aromatic heterocycles. The van der Waals surface area contributed by atoms with Crippen LogP contribution in [0.5, 0.6) is 0 Å². The molecular weight excluding hydrogens is 428 g/mol. The van der Waals surface area contributed by atoms with Crippen LogP contribution in [-0.2, 0) is 4.79 Å². The third kappa shape index (κ3) is 4.10. The molecule has 1 saturated carbocycles. The van der Waals surface area contributed by atoms with Crippen molar-refractivity contribution in [3.8, 4) is 6.07 Å². The molecule has 2 aromatic carbocycles. The van der Waals surface area contributed by atoms with Crippen LogP contribution < -0.4 is 4.90 Å². The second-order valence-corrected chi connectivity index (χ2v) is 9.82. The van der Waals surface area contributed by atoms with Gasteiger partial charge in [0.15, 0.2) is 0 Å². The molecule has 1 N–H and O–H groups in total. The van der Waals surface area contributed by atoms with Crippen LogP contribution in [0, 0.1) is 18.3 Å². The normalized spacial score (nSPS) is 19.5. The lowest BCUT2D eigenvalue weighted by Gasteiger charge is -2.27. The smallest absolute Gasteiger partial charge is 0.346 e. The van der Waals surface area contributed by atoms with Crippen molar-refractivity contribution in [2.75, 3.05) is 4.90 Å². The lowest BCUT2D eigenvalue weighted by Crippen LogP contribution is -2.26. The summed E-state index contributed by atoms with van der Waals surface area (Å²) in [7, 11) is 0. The highest BCUT2D eigenvalue weighted by molar-refractivity contribution is 7.13. The van der Waals surface area contributed by atoms with Crippen LogP contribution in [-0.4, -0.2) is 17.1 Å². The van der Waals surface area contributed by atoms with Crippen molar-refractivity contribution >= 4 is 46.9 Å². The van der Waals surface area contributed by atoms with Crippen LogP contribution in [0.3, 0.4) is 0 Å². The zero-order valence-corrected chi connectivity index (χ0v) is 19.2. The minimum Gasteiger partial charge on any atom is -0.477 e. The second-order valence-electron chi connectivity index (χ2n) is 8.68. The van der Waals surface area contributed by atoms with Crippen molar-refractivity contribution in [2.24, 2.45) is 0 Å². The highest BCUT2D eigenvalue weighted by atomic mass is 32.1. The molecular formula is C28H24N2O2S. The molecule has 5 rings (SSSR count). The molecule has 0 radical (unpaired) electrons. The summed E-state index contributed by atoms with van der Waals surface area (Å²) in [5, 5.41) is 18.0. The van der Waals surface area contributed by atoms with Crippen molar-refractivity contribution in [3.63, 3.8) is 0 Å². The molecule has 1 aliphatic carbocycles. The van der Waals surface area contributed by atoms with Crippen LogP contribution in [0.4, 0.5) is 11.4 Å². The van der Waals surface area contributed by atoms with Crippen LogP contribution in [0.2, 0.25) is 0 Å².